The number of fused-ring (bicyclic) bond motifs is 3. The highest BCUT2D eigenvalue weighted by atomic mass is 35.5. The Labute approximate surface area is 176 Å². The van der Waals surface area contributed by atoms with Crippen molar-refractivity contribution in [3.8, 4) is 0 Å². The summed E-state index contributed by atoms with van der Waals surface area (Å²) >= 11 is 6.24. The van der Waals surface area contributed by atoms with E-state index >= 15 is 0 Å². The second kappa shape index (κ2) is 7.61. The Morgan fingerprint density at radius 3 is 2.59 bits per heavy atom. The number of aliphatic hydroxyl groups excluding tert-OH is 1. The van der Waals surface area contributed by atoms with Gasteiger partial charge in [-0.3, -0.25) is 9.78 Å². The van der Waals surface area contributed by atoms with E-state index in [1.54, 1.807) is 11.0 Å². The maximum Gasteiger partial charge on any atom is 0.251 e. The number of piperidine rings is 1. The molecule has 2 aliphatic rings. The van der Waals surface area contributed by atoms with Gasteiger partial charge in [0.2, 0.25) is 0 Å². The predicted molar refractivity (Wildman–Crippen MR) is 116 cm³/mol. The maximum atomic E-state index is 12.2. The quantitative estimate of drug-likeness (QED) is 0.757. The molecular weight excluding hydrogens is 390 g/mol. The largest absolute Gasteiger partial charge is 0.384 e. The van der Waals surface area contributed by atoms with Crippen LogP contribution in [0.4, 0.5) is 11.4 Å². The molecule has 2 aliphatic heterocycles. The molecule has 2 aromatic rings. The van der Waals surface area contributed by atoms with Gasteiger partial charge in [0.05, 0.1) is 23.1 Å². The molecule has 1 amide bonds. The van der Waals surface area contributed by atoms with Crippen LogP contribution in [0, 0.1) is 0 Å². The SMILES string of the molecule is CC(O)C(=O)N1CCC(N2c3c(cnc4ccc(Cl)nc34)N(C)C(C)C2C)CC1. The summed E-state index contributed by atoms with van der Waals surface area (Å²) in [5.41, 5.74) is 3.78. The lowest BCUT2D eigenvalue weighted by Crippen LogP contribution is -2.58. The number of pyridine rings is 2. The van der Waals surface area contributed by atoms with E-state index in [1.165, 1.54) is 6.92 Å². The lowest BCUT2D eigenvalue weighted by molar-refractivity contribution is -0.140. The van der Waals surface area contributed by atoms with Gasteiger partial charge in [0.1, 0.15) is 16.8 Å². The summed E-state index contributed by atoms with van der Waals surface area (Å²) in [5.74, 6) is -0.188. The van der Waals surface area contributed by atoms with Crippen LogP contribution in [0.5, 0.6) is 0 Å². The highest BCUT2D eigenvalue weighted by molar-refractivity contribution is 6.29. The Hall–Kier alpha value is -2.12. The first kappa shape index (κ1) is 20.2. The fourth-order valence-electron chi connectivity index (χ4n) is 4.66. The number of likely N-dealkylation sites (N-methyl/N-ethyl adjacent to an activating group) is 1. The molecule has 3 unspecified atom stereocenters. The zero-order chi connectivity index (χ0) is 20.9. The number of carbonyl (C=O) groups is 1. The van der Waals surface area contributed by atoms with Crippen LogP contribution in [-0.2, 0) is 4.79 Å². The fourth-order valence-corrected chi connectivity index (χ4v) is 4.80. The Kier molecular flexibility index (Phi) is 5.29. The topological polar surface area (TPSA) is 72.8 Å². The van der Waals surface area contributed by atoms with Crippen molar-refractivity contribution in [1.29, 1.82) is 0 Å². The number of amides is 1. The summed E-state index contributed by atoms with van der Waals surface area (Å²) in [6.45, 7) is 7.29. The molecule has 0 aliphatic carbocycles. The minimum Gasteiger partial charge on any atom is -0.384 e. The fraction of sp³-hybridized carbons (Fsp3) is 0.571. The number of halogens is 1. The Bertz CT molecular complexity index is 929. The van der Waals surface area contributed by atoms with Crippen molar-refractivity contribution in [3.05, 3.63) is 23.5 Å². The first-order chi connectivity index (χ1) is 13.8. The van der Waals surface area contributed by atoms with Crippen molar-refractivity contribution in [2.75, 3.05) is 29.9 Å². The standard InChI is InChI=1S/C21H28ClN5O2/c1-12-13(2)27(15-7-9-26(10-8-15)21(29)14(3)28)20-17(25(12)4)11-23-16-5-6-18(22)24-19(16)20/h5-6,11-15,28H,7-10H2,1-4H3. The number of hydrogen-bond donors (Lipinski definition) is 1. The number of aromatic nitrogens is 2. The number of aliphatic hydroxyl groups is 1. The number of likely N-dealkylation sites (tertiary alicyclic amines) is 1. The molecule has 0 spiro atoms. The summed E-state index contributed by atoms with van der Waals surface area (Å²) in [5, 5.41) is 10.1. The molecule has 1 N–H and O–H groups in total. The van der Waals surface area contributed by atoms with Gasteiger partial charge in [-0.15, -0.1) is 0 Å². The monoisotopic (exact) mass is 417 g/mol. The molecule has 156 valence electrons. The third-order valence-corrected chi connectivity index (χ3v) is 6.76. The molecule has 2 aromatic heterocycles. The van der Waals surface area contributed by atoms with Gasteiger partial charge in [0, 0.05) is 38.3 Å². The van der Waals surface area contributed by atoms with Gasteiger partial charge in [0.15, 0.2) is 0 Å². The molecular formula is C21H28ClN5O2. The smallest absolute Gasteiger partial charge is 0.251 e. The van der Waals surface area contributed by atoms with Gasteiger partial charge in [-0.1, -0.05) is 11.6 Å². The van der Waals surface area contributed by atoms with Crippen LogP contribution in [0.25, 0.3) is 11.0 Å². The van der Waals surface area contributed by atoms with Gasteiger partial charge in [-0.25, -0.2) is 4.98 Å². The van der Waals surface area contributed by atoms with Gasteiger partial charge < -0.3 is 19.8 Å². The molecule has 1 saturated heterocycles. The van der Waals surface area contributed by atoms with Crippen LogP contribution in [-0.4, -0.2) is 70.2 Å². The van der Waals surface area contributed by atoms with E-state index in [0.29, 0.717) is 24.3 Å². The average molecular weight is 418 g/mol. The normalized spacial score (nSPS) is 24.0. The summed E-state index contributed by atoms with van der Waals surface area (Å²) in [6, 6.07) is 4.53. The van der Waals surface area contributed by atoms with E-state index in [-0.39, 0.29) is 18.0 Å². The van der Waals surface area contributed by atoms with E-state index in [2.05, 4.69) is 40.7 Å². The zero-order valence-electron chi connectivity index (χ0n) is 17.3. The van der Waals surface area contributed by atoms with E-state index in [1.807, 2.05) is 12.3 Å². The lowest BCUT2D eigenvalue weighted by atomic mass is 9.94. The number of nitrogens with zero attached hydrogens (tertiary/aromatic N) is 5. The number of carbonyl (C=O) groups excluding carboxylic acids is 1. The number of hydrogen-bond acceptors (Lipinski definition) is 6. The van der Waals surface area contributed by atoms with E-state index in [0.717, 1.165) is 35.2 Å². The molecule has 0 aromatic carbocycles. The van der Waals surface area contributed by atoms with E-state index in [9.17, 15) is 9.90 Å². The predicted octanol–water partition coefficient (Wildman–Crippen LogP) is 2.69. The molecule has 4 heterocycles. The van der Waals surface area contributed by atoms with Crippen molar-refractivity contribution >= 4 is 39.9 Å². The van der Waals surface area contributed by atoms with Crippen molar-refractivity contribution < 1.29 is 9.90 Å². The van der Waals surface area contributed by atoms with Gasteiger partial charge in [0.25, 0.3) is 5.91 Å². The van der Waals surface area contributed by atoms with E-state index in [4.69, 9.17) is 11.6 Å². The van der Waals surface area contributed by atoms with E-state index < -0.39 is 6.10 Å². The summed E-state index contributed by atoms with van der Waals surface area (Å²) < 4.78 is 0. The maximum absolute atomic E-state index is 12.2. The molecule has 0 bridgehead atoms. The second-order valence-corrected chi connectivity index (χ2v) is 8.61. The highest BCUT2D eigenvalue weighted by Gasteiger charge is 2.39. The van der Waals surface area contributed by atoms with Crippen molar-refractivity contribution in [3.63, 3.8) is 0 Å². The van der Waals surface area contributed by atoms with Gasteiger partial charge in [-0.2, -0.15) is 0 Å². The average Bonchev–Trinajstić information content (AvgIpc) is 2.72. The molecule has 29 heavy (non-hydrogen) atoms. The summed E-state index contributed by atoms with van der Waals surface area (Å²) in [7, 11) is 2.10. The summed E-state index contributed by atoms with van der Waals surface area (Å²) in [6.07, 6.45) is 2.68. The molecule has 1 fully saturated rings. The van der Waals surface area contributed by atoms with Crippen molar-refractivity contribution in [2.24, 2.45) is 0 Å². The van der Waals surface area contributed by atoms with Crippen LogP contribution in [0.3, 0.4) is 0 Å². The zero-order valence-corrected chi connectivity index (χ0v) is 18.1. The molecule has 0 radical (unpaired) electrons. The molecule has 3 atom stereocenters. The highest BCUT2D eigenvalue weighted by Crippen LogP contribution is 2.43. The van der Waals surface area contributed by atoms with Crippen LogP contribution in [0.15, 0.2) is 18.3 Å². The van der Waals surface area contributed by atoms with Crippen LogP contribution < -0.4 is 9.80 Å². The molecule has 8 heteroatoms. The first-order valence-corrected chi connectivity index (χ1v) is 10.6. The lowest BCUT2D eigenvalue weighted by Gasteiger charge is -2.51. The third-order valence-electron chi connectivity index (χ3n) is 6.55. The summed E-state index contributed by atoms with van der Waals surface area (Å²) in [4.78, 5) is 27.9. The molecule has 7 nitrogen and oxygen atoms in total. The van der Waals surface area contributed by atoms with Crippen LogP contribution in [0.1, 0.15) is 33.6 Å². The minimum atomic E-state index is -0.948. The first-order valence-electron chi connectivity index (χ1n) is 10.2. The Balaban J connectivity index is 1.74. The minimum absolute atomic E-state index is 0.188. The second-order valence-electron chi connectivity index (χ2n) is 8.23. The van der Waals surface area contributed by atoms with Crippen LogP contribution in [0.2, 0.25) is 5.15 Å². The molecule has 0 saturated carbocycles. The number of anilines is 2. The Morgan fingerprint density at radius 1 is 1.24 bits per heavy atom. The van der Waals surface area contributed by atoms with Crippen LogP contribution >= 0.6 is 11.6 Å². The molecule has 4 rings (SSSR count). The third kappa shape index (κ3) is 3.40. The number of rotatable bonds is 2. The Morgan fingerprint density at radius 2 is 1.93 bits per heavy atom. The van der Waals surface area contributed by atoms with Crippen molar-refractivity contribution in [2.45, 2.75) is 57.8 Å². The van der Waals surface area contributed by atoms with Gasteiger partial charge in [-0.05, 0) is 45.7 Å². The van der Waals surface area contributed by atoms with Gasteiger partial charge >= 0.3 is 0 Å². The van der Waals surface area contributed by atoms with Crippen molar-refractivity contribution in [1.82, 2.24) is 14.9 Å².